The van der Waals surface area contributed by atoms with E-state index in [0.717, 1.165) is 35.3 Å². The summed E-state index contributed by atoms with van der Waals surface area (Å²) in [5, 5.41) is 12.4. The number of aromatic nitrogens is 1. The van der Waals surface area contributed by atoms with E-state index in [1.54, 1.807) is 12.1 Å². The largest absolute Gasteiger partial charge is 0.336 e. The Bertz CT molecular complexity index is 563. The van der Waals surface area contributed by atoms with Gasteiger partial charge in [0.2, 0.25) is 0 Å². The van der Waals surface area contributed by atoms with Crippen LogP contribution in [-0.2, 0) is 6.54 Å². The molecule has 0 fully saturated rings. The van der Waals surface area contributed by atoms with Gasteiger partial charge in [-0.3, -0.25) is 10.1 Å². The van der Waals surface area contributed by atoms with Crippen LogP contribution >= 0.6 is 12.6 Å². The summed E-state index contributed by atoms with van der Waals surface area (Å²) in [4.78, 5) is 10.3. The van der Waals surface area contributed by atoms with Crippen LogP contribution in [-0.4, -0.2) is 9.49 Å². The molecule has 0 saturated carbocycles. The molecule has 1 aromatic heterocycles. The first-order chi connectivity index (χ1) is 8.13. The van der Waals surface area contributed by atoms with Gasteiger partial charge in [-0.15, -0.1) is 12.6 Å². The number of nitro groups is 1. The summed E-state index contributed by atoms with van der Waals surface area (Å²) in [5.74, 6) is 0. The van der Waals surface area contributed by atoms with Gasteiger partial charge in [0.25, 0.3) is 5.69 Å². The Kier molecular flexibility index (Phi) is 3.38. The summed E-state index contributed by atoms with van der Waals surface area (Å²) in [5.41, 5.74) is 1.13. The highest BCUT2D eigenvalue weighted by Gasteiger charge is 2.10. The zero-order valence-corrected chi connectivity index (χ0v) is 10.5. The lowest BCUT2D eigenvalue weighted by Gasteiger charge is -2.06. The predicted molar refractivity (Wildman–Crippen MR) is 70.8 cm³/mol. The number of unbranched alkanes of at least 4 members (excludes halogenated alkanes) is 1. The third-order valence-electron chi connectivity index (χ3n) is 2.81. The number of hydrogen-bond acceptors (Lipinski definition) is 3. The number of non-ortho nitro benzene ring substituents is 1. The van der Waals surface area contributed by atoms with Crippen molar-refractivity contribution in [2.75, 3.05) is 0 Å². The highest BCUT2D eigenvalue weighted by atomic mass is 32.1. The van der Waals surface area contributed by atoms with Crippen molar-refractivity contribution in [2.24, 2.45) is 0 Å². The van der Waals surface area contributed by atoms with Gasteiger partial charge in [-0.25, -0.2) is 0 Å². The number of nitro benzene ring substituents is 1. The third kappa shape index (κ3) is 2.29. The van der Waals surface area contributed by atoms with Crippen molar-refractivity contribution in [3.63, 3.8) is 0 Å². The van der Waals surface area contributed by atoms with Crippen molar-refractivity contribution in [2.45, 2.75) is 31.3 Å². The van der Waals surface area contributed by atoms with Crippen LogP contribution in [0, 0.1) is 10.1 Å². The van der Waals surface area contributed by atoms with Gasteiger partial charge in [-0.05, 0) is 18.6 Å². The Labute approximate surface area is 105 Å². The highest BCUT2D eigenvalue weighted by Crippen LogP contribution is 2.26. The van der Waals surface area contributed by atoms with E-state index in [4.69, 9.17) is 0 Å². The molecule has 17 heavy (non-hydrogen) atoms. The lowest BCUT2D eigenvalue weighted by molar-refractivity contribution is -0.384. The molecule has 1 heterocycles. The van der Waals surface area contributed by atoms with E-state index < -0.39 is 0 Å². The molecular formula is C12H14N2O2S. The van der Waals surface area contributed by atoms with Gasteiger partial charge in [-0.1, -0.05) is 13.3 Å². The lowest BCUT2D eigenvalue weighted by atomic mass is 10.2. The van der Waals surface area contributed by atoms with Crippen molar-refractivity contribution >= 4 is 29.2 Å². The maximum Gasteiger partial charge on any atom is 0.270 e. The molecule has 0 atom stereocenters. The molecule has 1 aromatic carbocycles. The SMILES string of the molecule is CCCCn1c(S)cc2cc([N+](=O)[O-])ccc21. The van der Waals surface area contributed by atoms with Crippen molar-refractivity contribution in [3.05, 3.63) is 34.4 Å². The topological polar surface area (TPSA) is 48.1 Å². The molecule has 2 aromatic rings. The Morgan fingerprint density at radius 3 is 2.82 bits per heavy atom. The fourth-order valence-corrected chi connectivity index (χ4v) is 2.26. The van der Waals surface area contributed by atoms with Crippen LogP contribution in [0.4, 0.5) is 5.69 Å². The minimum absolute atomic E-state index is 0.124. The van der Waals surface area contributed by atoms with E-state index in [-0.39, 0.29) is 10.6 Å². The van der Waals surface area contributed by atoms with Gasteiger partial charge >= 0.3 is 0 Å². The number of rotatable bonds is 4. The Hall–Kier alpha value is -1.49. The highest BCUT2D eigenvalue weighted by molar-refractivity contribution is 7.80. The molecule has 5 heteroatoms. The first-order valence-electron chi connectivity index (χ1n) is 5.60. The normalized spacial score (nSPS) is 10.9. The molecule has 0 amide bonds. The van der Waals surface area contributed by atoms with E-state index in [2.05, 4.69) is 24.1 Å². The average molecular weight is 250 g/mol. The van der Waals surface area contributed by atoms with E-state index in [0.29, 0.717) is 0 Å². The fraction of sp³-hybridized carbons (Fsp3) is 0.333. The fourth-order valence-electron chi connectivity index (χ4n) is 1.91. The second-order valence-electron chi connectivity index (χ2n) is 4.01. The van der Waals surface area contributed by atoms with Crippen LogP contribution in [0.25, 0.3) is 10.9 Å². The Morgan fingerprint density at radius 2 is 2.18 bits per heavy atom. The molecule has 4 nitrogen and oxygen atoms in total. The average Bonchev–Trinajstić information content (AvgIpc) is 2.61. The number of nitrogens with zero attached hydrogens (tertiary/aromatic N) is 2. The summed E-state index contributed by atoms with van der Waals surface area (Å²) in [6.07, 6.45) is 2.19. The first-order valence-corrected chi connectivity index (χ1v) is 6.05. The molecule has 0 aliphatic carbocycles. The molecule has 0 spiro atoms. The minimum atomic E-state index is -0.374. The maximum atomic E-state index is 10.7. The van der Waals surface area contributed by atoms with Gasteiger partial charge in [0, 0.05) is 29.6 Å². The van der Waals surface area contributed by atoms with E-state index in [1.807, 2.05) is 6.07 Å². The summed E-state index contributed by atoms with van der Waals surface area (Å²) < 4.78 is 2.09. The number of thiol groups is 1. The van der Waals surface area contributed by atoms with Crippen LogP contribution in [0.15, 0.2) is 29.3 Å². The van der Waals surface area contributed by atoms with Gasteiger partial charge in [0.05, 0.1) is 9.95 Å². The summed E-state index contributed by atoms with van der Waals surface area (Å²) in [6, 6.07) is 6.81. The molecular weight excluding hydrogens is 236 g/mol. The number of aryl methyl sites for hydroxylation is 1. The Morgan fingerprint density at radius 1 is 1.41 bits per heavy atom. The maximum absolute atomic E-state index is 10.7. The van der Waals surface area contributed by atoms with Crippen molar-refractivity contribution in [3.8, 4) is 0 Å². The molecule has 0 N–H and O–H groups in total. The second-order valence-corrected chi connectivity index (χ2v) is 4.47. The zero-order chi connectivity index (χ0) is 12.4. The van der Waals surface area contributed by atoms with Crippen LogP contribution in [0.3, 0.4) is 0 Å². The summed E-state index contributed by atoms with van der Waals surface area (Å²) >= 11 is 4.41. The molecule has 2 rings (SSSR count). The van der Waals surface area contributed by atoms with Crippen molar-refractivity contribution in [1.29, 1.82) is 0 Å². The third-order valence-corrected chi connectivity index (χ3v) is 3.18. The number of benzene rings is 1. The van der Waals surface area contributed by atoms with Crippen LogP contribution in [0.2, 0.25) is 0 Å². The van der Waals surface area contributed by atoms with Crippen molar-refractivity contribution in [1.82, 2.24) is 4.57 Å². The summed E-state index contributed by atoms with van der Waals surface area (Å²) in [7, 11) is 0. The molecule has 0 bridgehead atoms. The van der Waals surface area contributed by atoms with Gasteiger partial charge in [0.15, 0.2) is 0 Å². The van der Waals surface area contributed by atoms with E-state index >= 15 is 0 Å². The smallest absolute Gasteiger partial charge is 0.270 e. The molecule has 0 aliphatic rings. The zero-order valence-electron chi connectivity index (χ0n) is 9.59. The van der Waals surface area contributed by atoms with Crippen LogP contribution in [0.5, 0.6) is 0 Å². The quantitative estimate of drug-likeness (QED) is 0.511. The van der Waals surface area contributed by atoms with Gasteiger partial charge in [0.1, 0.15) is 0 Å². The predicted octanol–water partition coefficient (Wildman–Crippen LogP) is 3.64. The van der Waals surface area contributed by atoms with Gasteiger partial charge in [-0.2, -0.15) is 0 Å². The Balaban J connectivity index is 2.48. The molecule has 90 valence electrons. The molecule has 0 saturated heterocycles. The number of fused-ring (bicyclic) bond motifs is 1. The lowest BCUT2D eigenvalue weighted by Crippen LogP contribution is -1.97. The van der Waals surface area contributed by atoms with Gasteiger partial charge < -0.3 is 4.57 Å². The first kappa shape index (κ1) is 12.0. The monoisotopic (exact) mass is 250 g/mol. The standard InChI is InChI=1S/C12H14N2O2S/c1-2-3-6-13-11-5-4-10(14(15)16)7-9(11)8-12(13)17/h4-5,7-8,17H,2-3,6H2,1H3. The van der Waals surface area contributed by atoms with E-state index in [1.165, 1.54) is 6.07 Å². The number of hydrogen-bond donors (Lipinski definition) is 1. The van der Waals surface area contributed by atoms with Crippen LogP contribution < -0.4 is 0 Å². The minimum Gasteiger partial charge on any atom is -0.336 e. The van der Waals surface area contributed by atoms with E-state index in [9.17, 15) is 10.1 Å². The molecule has 0 aliphatic heterocycles. The molecule has 0 radical (unpaired) electrons. The second kappa shape index (κ2) is 4.79. The van der Waals surface area contributed by atoms with Crippen LogP contribution in [0.1, 0.15) is 19.8 Å². The summed E-state index contributed by atoms with van der Waals surface area (Å²) in [6.45, 7) is 3.03. The van der Waals surface area contributed by atoms with Crippen molar-refractivity contribution < 1.29 is 4.92 Å². The molecule has 0 unspecified atom stereocenters.